The first-order valence-electron chi connectivity index (χ1n) is 11.6. The maximum atomic E-state index is 12.9. The van der Waals surface area contributed by atoms with E-state index in [9.17, 15) is 9.90 Å². The molecule has 0 saturated carbocycles. The normalized spacial score (nSPS) is 12.3. The third-order valence-electron chi connectivity index (χ3n) is 5.73. The van der Waals surface area contributed by atoms with Crippen LogP contribution in [0.1, 0.15) is 13.3 Å². The molecule has 0 spiro atoms. The molecular weight excluding hydrogens is 531 g/mol. The van der Waals surface area contributed by atoms with Gasteiger partial charge in [0, 0.05) is 10.9 Å². The zero-order valence-electron chi connectivity index (χ0n) is 19.8. The molecule has 1 N–H and O–H groups in total. The first-order valence-corrected chi connectivity index (χ1v) is 14.2. The Morgan fingerprint density at radius 1 is 0.778 bits per heavy atom. The van der Waals surface area contributed by atoms with Crippen molar-refractivity contribution < 1.29 is 9.90 Å². The summed E-state index contributed by atoms with van der Waals surface area (Å²) in [5.41, 5.74) is 0.537. The highest BCUT2D eigenvalue weighted by molar-refractivity contribution is 9.10. The van der Waals surface area contributed by atoms with Gasteiger partial charge in [0.15, 0.2) is 11.5 Å². The molecule has 0 aliphatic rings. The average Bonchev–Trinajstić information content (AvgIpc) is 2.94. The molecule has 4 nitrogen and oxygen atoms in total. The van der Waals surface area contributed by atoms with Gasteiger partial charge in [-0.25, -0.2) is 0 Å². The molecule has 6 heteroatoms. The number of carbonyl (C=O) groups excluding carboxylic acids is 1. The summed E-state index contributed by atoms with van der Waals surface area (Å²) in [5, 5.41) is 23.2. The summed E-state index contributed by atoms with van der Waals surface area (Å²) in [4.78, 5) is 12.9. The third-order valence-corrected chi connectivity index (χ3v) is 10.2. The first-order chi connectivity index (χ1) is 17.5. The molecule has 0 aliphatic heterocycles. The second-order valence-electron chi connectivity index (χ2n) is 8.05. The molecule has 0 radical (unpaired) electrons. The molecule has 180 valence electrons. The highest BCUT2D eigenvalue weighted by atomic mass is 79.9. The lowest BCUT2D eigenvalue weighted by Gasteiger charge is -2.28. The zero-order valence-corrected chi connectivity index (χ0v) is 22.3. The fourth-order valence-electron chi connectivity index (χ4n) is 3.94. The Kier molecular flexibility index (Phi) is 8.48. The van der Waals surface area contributed by atoms with E-state index >= 15 is 0 Å². The number of nitrogens with zero attached hydrogens (tertiary/aromatic N) is 2. The largest absolute Gasteiger partial charge is 0.505 e. The molecule has 4 aromatic rings. The van der Waals surface area contributed by atoms with E-state index in [1.807, 2.05) is 72.5 Å². The number of halogens is 1. The number of aliphatic hydroxyl groups is 1. The van der Waals surface area contributed by atoms with Crippen molar-refractivity contribution in [3.63, 3.8) is 0 Å². The van der Waals surface area contributed by atoms with E-state index in [4.69, 9.17) is 0 Å². The molecule has 0 fully saturated rings. The van der Waals surface area contributed by atoms with Gasteiger partial charge in [-0.15, -0.1) is 5.11 Å². The van der Waals surface area contributed by atoms with Crippen LogP contribution in [0.4, 0.5) is 5.69 Å². The number of rotatable bonds is 8. The summed E-state index contributed by atoms with van der Waals surface area (Å²) in [6.07, 6.45) is 0.194. The summed E-state index contributed by atoms with van der Waals surface area (Å²) in [5.74, 6) is 1.38. The van der Waals surface area contributed by atoms with Gasteiger partial charge in [-0.1, -0.05) is 114 Å². The number of aliphatic hydroxyl groups excluding tert-OH is 1. The Morgan fingerprint density at radius 3 is 1.64 bits per heavy atom. The highest BCUT2D eigenvalue weighted by Crippen LogP contribution is 2.44. The molecule has 0 aliphatic carbocycles. The molecular formula is C30H26BrN2O2P. The van der Waals surface area contributed by atoms with Crippen LogP contribution >= 0.6 is 22.8 Å². The van der Waals surface area contributed by atoms with E-state index in [0.717, 1.165) is 20.4 Å². The first kappa shape index (κ1) is 25.6. The minimum Gasteiger partial charge on any atom is -0.505 e. The van der Waals surface area contributed by atoms with Crippen molar-refractivity contribution in [1.82, 2.24) is 0 Å². The number of hydrogen-bond donors (Lipinski definition) is 1. The molecule has 0 unspecified atom stereocenters. The van der Waals surface area contributed by atoms with Crippen LogP contribution in [0.5, 0.6) is 0 Å². The van der Waals surface area contributed by atoms with Crippen molar-refractivity contribution >= 4 is 56.0 Å². The quantitative estimate of drug-likeness (QED) is 0.109. The summed E-state index contributed by atoms with van der Waals surface area (Å²) in [6, 6.07) is 37.6. The van der Waals surface area contributed by atoms with Crippen molar-refractivity contribution in [2.24, 2.45) is 10.2 Å². The highest BCUT2D eigenvalue weighted by Gasteiger charge is 2.27. The van der Waals surface area contributed by atoms with Crippen LogP contribution in [-0.2, 0) is 4.79 Å². The van der Waals surface area contributed by atoms with E-state index in [1.54, 1.807) is 19.1 Å². The minimum absolute atomic E-state index is 0.0485. The number of azo groups is 1. The van der Waals surface area contributed by atoms with Crippen molar-refractivity contribution in [1.29, 1.82) is 0 Å². The van der Waals surface area contributed by atoms with Gasteiger partial charge < -0.3 is 5.11 Å². The van der Waals surface area contributed by atoms with Gasteiger partial charge >= 0.3 is 0 Å². The molecule has 0 heterocycles. The van der Waals surface area contributed by atoms with Crippen LogP contribution in [0.25, 0.3) is 0 Å². The van der Waals surface area contributed by atoms with Crippen LogP contribution in [0.3, 0.4) is 0 Å². The summed E-state index contributed by atoms with van der Waals surface area (Å²) >= 11 is 3.41. The number of ketones is 1. The smallest absolute Gasteiger partial charge is 0.186 e. The second kappa shape index (κ2) is 11.9. The fourth-order valence-corrected chi connectivity index (χ4v) is 7.96. The monoisotopic (exact) mass is 556 g/mol. The van der Waals surface area contributed by atoms with Crippen LogP contribution in [0, 0.1) is 0 Å². The SMILES string of the molecule is CCC(=O)/C(N=Nc1ccc(Br)cc1)=C(/O)C=P(c1ccccc1)(c1ccccc1)c1ccccc1. The maximum Gasteiger partial charge on any atom is 0.186 e. The fraction of sp³-hybridized carbons (Fsp3) is 0.0667. The lowest BCUT2D eigenvalue weighted by molar-refractivity contribution is -0.115. The third kappa shape index (κ3) is 5.64. The number of carbonyl (C=O) groups is 1. The lowest BCUT2D eigenvalue weighted by Crippen LogP contribution is -2.27. The predicted octanol–water partition coefficient (Wildman–Crippen LogP) is 7.08. The number of Topliss-reactive ketones (excluding diaryl/α,β-unsaturated/α-hetero) is 1. The zero-order chi connectivity index (χ0) is 25.4. The lowest BCUT2D eigenvalue weighted by atomic mass is 10.2. The van der Waals surface area contributed by atoms with Crippen molar-refractivity contribution in [3.05, 3.63) is 131 Å². The predicted molar refractivity (Wildman–Crippen MR) is 155 cm³/mol. The Labute approximate surface area is 220 Å². The molecule has 0 atom stereocenters. The van der Waals surface area contributed by atoms with Gasteiger partial charge in [-0.3, -0.25) is 4.79 Å². The van der Waals surface area contributed by atoms with Gasteiger partial charge in [0.1, 0.15) is 5.76 Å². The van der Waals surface area contributed by atoms with Gasteiger partial charge in [-0.05, 0) is 52.9 Å². The Balaban J connectivity index is 2.03. The summed E-state index contributed by atoms with van der Waals surface area (Å²) in [6.45, 7) is -0.760. The van der Waals surface area contributed by atoms with Crippen LogP contribution < -0.4 is 15.9 Å². The van der Waals surface area contributed by atoms with Gasteiger partial charge in [-0.2, -0.15) is 5.11 Å². The van der Waals surface area contributed by atoms with Gasteiger partial charge in [0.2, 0.25) is 0 Å². The van der Waals surface area contributed by atoms with Crippen LogP contribution in [0.2, 0.25) is 0 Å². The van der Waals surface area contributed by atoms with Crippen LogP contribution in [-0.4, -0.2) is 16.7 Å². The standard InChI is InChI=1S/C30H26BrN2O2P/c1-2-28(34)30(33-32-24-20-18-23(31)19-21-24)29(35)22-36(25-12-6-3-7-13-25,26-14-8-4-9-15-26)27-16-10-5-11-17-27/h3-22,35H,2H2,1H3/b30-29-,33-32?. The summed E-state index contributed by atoms with van der Waals surface area (Å²) in [7, 11) is 0. The van der Waals surface area contributed by atoms with E-state index in [1.165, 1.54) is 0 Å². The van der Waals surface area contributed by atoms with E-state index in [0.29, 0.717) is 5.69 Å². The Morgan fingerprint density at radius 2 is 1.22 bits per heavy atom. The van der Waals surface area contributed by atoms with E-state index in [2.05, 4.69) is 62.6 Å². The van der Waals surface area contributed by atoms with Gasteiger partial charge in [0.25, 0.3) is 0 Å². The van der Waals surface area contributed by atoms with Crippen molar-refractivity contribution in [3.8, 4) is 0 Å². The number of allylic oxidation sites excluding steroid dienone is 2. The van der Waals surface area contributed by atoms with Gasteiger partial charge in [0.05, 0.1) is 5.69 Å². The van der Waals surface area contributed by atoms with Crippen LogP contribution in [0.15, 0.2) is 141 Å². The van der Waals surface area contributed by atoms with E-state index < -0.39 is 6.89 Å². The van der Waals surface area contributed by atoms with E-state index in [-0.39, 0.29) is 23.7 Å². The van der Waals surface area contributed by atoms with Crippen molar-refractivity contribution in [2.45, 2.75) is 13.3 Å². The molecule has 0 bridgehead atoms. The molecule has 4 rings (SSSR count). The molecule has 4 aromatic carbocycles. The molecule has 0 aromatic heterocycles. The molecule has 0 saturated heterocycles. The average molecular weight is 557 g/mol. The Bertz CT molecular complexity index is 1330. The number of hydrogen-bond acceptors (Lipinski definition) is 4. The second-order valence-corrected chi connectivity index (χ2v) is 12.2. The Hall–Kier alpha value is -3.53. The number of benzene rings is 4. The van der Waals surface area contributed by atoms with Crippen molar-refractivity contribution in [2.75, 3.05) is 0 Å². The molecule has 0 amide bonds. The topological polar surface area (TPSA) is 62.0 Å². The maximum absolute atomic E-state index is 12.9. The molecule has 36 heavy (non-hydrogen) atoms. The minimum atomic E-state index is -2.51. The summed E-state index contributed by atoms with van der Waals surface area (Å²) < 4.78 is 0.918.